The van der Waals surface area contributed by atoms with Gasteiger partial charge in [0.15, 0.2) is 0 Å². The van der Waals surface area contributed by atoms with E-state index in [0.29, 0.717) is 0 Å². The van der Waals surface area contributed by atoms with Crippen LogP contribution in [0.4, 0.5) is 4.79 Å². The Kier molecular flexibility index (Phi) is 6.18. The minimum atomic E-state index is -0.421. The summed E-state index contributed by atoms with van der Waals surface area (Å²) in [5.74, 6) is 0. The summed E-state index contributed by atoms with van der Waals surface area (Å²) in [4.78, 5) is 13.0. The van der Waals surface area contributed by atoms with Crippen molar-refractivity contribution in [3.05, 3.63) is 0 Å². The lowest BCUT2D eigenvalue weighted by molar-refractivity contribution is 0.0380. The van der Waals surface area contributed by atoms with Gasteiger partial charge in [-0.05, 0) is 25.7 Å². The van der Waals surface area contributed by atoms with Crippen molar-refractivity contribution in [2.45, 2.75) is 38.2 Å². The molecule has 1 fully saturated rings. The Bertz CT molecular complexity index is 198. The smallest absolute Gasteiger partial charge is 0.410 e. The summed E-state index contributed by atoms with van der Waals surface area (Å²) in [6.45, 7) is 0.206. The van der Waals surface area contributed by atoms with Crippen LogP contribution in [-0.4, -0.2) is 53.6 Å². The largest absolute Gasteiger partial charge is 0.446 e. The van der Waals surface area contributed by atoms with Crippen LogP contribution < -0.4 is 0 Å². The van der Waals surface area contributed by atoms with Crippen LogP contribution in [0.25, 0.3) is 0 Å². The van der Waals surface area contributed by atoms with Gasteiger partial charge in [-0.3, -0.25) is 0 Å². The first-order chi connectivity index (χ1) is 7.77. The summed E-state index contributed by atoms with van der Waals surface area (Å²) >= 11 is 0. The number of ether oxygens (including phenoxy) is 1. The van der Waals surface area contributed by atoms with Crippen LogP contribution in [0, 0.1) is 0 Å². The van der Waals surface area contributed by atoms with Crippen LogP contribution >= 0.6 is 0 Å². The molecule has 16 heavy (non-hydrogen) atoms. The summed E-state index contributed by atoms with van der Waals surface area (Å²) in [7, 11) is 0. The van der Waals surface area contributed by atoms with Crippen molar-refractivity contribution in [1.29, 1.82) is 0 Å². The second kappa shape index (κ2) is 7.46. The van der Waals surface area contributed by atoms with Crippen LogP contribution in [0.15, 0.2) is 0 Å². The van der Waals surface area contributed by atoms with Crippen LogP contribution in [0.1, 0.15) is 32.1 Å². The number of carbonyl (C=O) groups is 1. The normalized spacial score (nSPS) is 17.1. The lowest BCUT2D eigenvalue weighted by Gasteiger charge is -2.26. The third-order valence-corrected chi connectivity index (χ3v) is 2.82. The van der Waals surface area contributed by atoms with Gasteiger partial charge in [0, 0.05) is 13.1 Å². The predicted octanol–water partition coefficient (Wildman–Crippen LogP) is 0.742. The Morgan fingerprint density at radius 2 is 1.69 bits per heavy atom. The lowest BCUT2D eigenvalue weighted by atomic mass is 9.98. The number of amides is 1. The fourth-order valence-electron chi connectivity index (χ4n) is 1.94. The average molecular weight is 231 g/mol. The molecule has 0 aromatic rings. The molecule has 5 heteroatoms. The van der Waals surface area contributed by atoms with Crippen molar-refractivity contribution in [2.24, 2.45) is 0 Å². The Balaban J connectivity index is 2.34. The van der Waals surface area contributed by atoms with E-state index >= 15 is 0 Å². The fourth-order valence-corrected chi connectivity index (χ4v) is 1.94. The van der Waals surface area contributed by atoms with E-state index in [1.54, 1.807) is 0 Å². The molecule has 5 nitrogen and oxygen atoms in total. The Hall–Kier alpha value is -0.810. The second-order valence-corrected chi connectivity index (χ2v) is 4.08. The molecule has 0 aromatic heterocycles. The highest BCUT2D eigenvalue weighted by Gasteiger charge is 2.21. The lowest BCUT2D eigenvalue weighted by Crippen LogP contribution is -2.38. The van der Waals surface area contributed by atoms with Crippen molar-refractivity contribution < 1.29 is 19.7 Å². The standard InChI is InChI=1S/C11H21NO4/c13-8-6-12(7-9-14)11(15)16-10-4-2-1-3-5-10/h10,13-14H,1-9H2. The van der Waals surface area contributed by atoms with Crippen LogP contribution in [0.5, 0.6) is 0 Å². The summed E-state index contributed by atoms with van der Waals surface area (Å²) in [5, 5.41) is 17.6. The Morgan fingerprint density at radius 1 is 1.12 bits per heavy atom. The Morgan fingerprint density at radius 3 is 2.19 bits per heavy atom. The van der Waals surface area contributed by atoms with Gasteiger partial charge in [0.2, 0.25) is 0 Å². The molecule has 0 unspecified atom stereocenters. The SMILES string of the molecule is O=C(OC1CCCCC1)N(CCO)CCO. The third kappa shape index (κ3) is 4.37. The monoisotopic (exact) mass is 231 g/mol. The summed E-state index contributed by atoms with van der Waals surface area (Å²) in [6.07, 6.45) is 4.88. The van der Waals surface area contributed by atoms with Crippen molar-refractivity contribution in [1.82, 2.24) is 4.90 Å². The molecule has 1 aliphatic rings. The highest BCUT2D eigenvalue weighted by Crippen LogP contribution is 2.20. The first-order valence-electron chi connectivity index (χ1n) is 5.95. The van der Waals surface area contributed by atoms with Gasteiger partial charge in [-0.25, -0.2) is 4.79 Å². The van der Waals surface area contributed by atoms with Crippen LogP contribution in [0.2, 0.25) is 0 Å². The quantitative estimate of drug-likeness (QED) is 0.732. The minimum absolute atomic E-state index is 0.0149. The maximum Gasteiger partial charge on any atom is 0.410 e. The summed E-state index contributed by atoms with van der Waals surface area (Å²) < 4.78 is 5.32. The third-order valence-electron chi connectivity index (χ3n) is 2.82. The van der Waals surface area contributed by atoms with Gasteiger partial charge in [-0.15, -0.1) is 0 Å². The van der Waals surface area contributed by atoms with Gasteiger partial charge < -0.3 is 19.8 Å². The average Bonchev–Trinajstić information content (AvgIpc) is 2.30. The van der Waals surface area contributed by atoms with Gasteiger partial charge in [-0.2, -0.15) is 0 Å². The molecular formula is C11H21NO4. The molecule has 0 spiro atoms. The van der Waals surface area contributed by atoms with E-state index in [2.05, 4.69) is 0 Å². The van der Waals surface area contributed by atoms with E-state index in [1.165, 1.54) is 11.3 Å². The highest BCUT2D eigenvalue weighted by atomic mass is 16.6. The van der Waals surface area contributed by atoms with Gasteiger partial charge in [0.25, 0.3) is 0 Å². The van der Waals surface area contributed by atoms with Gasteiger partial charge >= 0.3 is 6.09 Å². The highest BCUT2D eigenvalue weighted by molar-refractivity contribution is 5.67. The topological polar surface area (TPSA) is 70.0 Å². The molecule has 0 aromatic carbocycles. The number of aliphatic hydroxyl groups is 2. The van der Waals surface area contributed by atoms with E-state index in [0.717, 1.165) is 25.7 Å². The van der Waals surface area contributed by atoms with Crippen molar-refractivity contribution >= 4 is 6.09 Å². The number of rotatable bonds is 5. The predicted molar refractivity (Wildman–Crippen MR) is 59.1 cm³/mol. The molecule has 0 aliphatic heterocycles. The molecule has 0 heterocycles. The number of carbonyl (C=O) groups excluding carboxylic acids is 1. The maximum absolute atomic E-state index is 11.7. The van der Waals surface area contributed by atoms with Gasteiger partial charge in [-0.1, -0.05) is 6.42 Å². The van der Waals surface area contributed by atoms with Crippen molar-refractivity contribution in [3.63, 3.8) is 0 Å². The zero-order valence-electron chi connectivity index (χ0n) is 9.60. The van der Waals surface area contributed by atoms with E-state index in [9.17, 15) is 4.79 Å². The minimum Gasteiger partial charge on any atom is -0.446 e. The van der Waals surface area contributed by atoms with Gasteiger partial charge in [0.05, 0.1) is 13.2 Å². The van der Waals surface area contributed by atoms with Crippen molar-refractivity contribution in [3.8, 4) is 0 Å². The van der Waals surface area contributed by atoms with Crippen molar-refractivity contribution in [2.75, 3.05) is 26.3 Å². The summed E-state index contributed by atoms with van der Waals surface area (Å²) in [6, 6.07) is 0. The fraction of sp³-hybridized carbons (Fsp3) is 0.909. The molecule has 1 amide bonds. The molecule has 0 radical (unpaired) electrons. The van der Waals surface area contributed by atoms with E-state index in [-0.39, 0.29) is 32.4 Å². The number of aliphatic hydroxyl groups excluding tert-OH is 2. The number of nitrogens with zero attached hydrogens (tertiary/aromatic N) is 1. The van der Waals surface area contributed by atoms with Gasteiger partial charge in [0.1, 0.15) is 6.10 Å². The molecule has 0 saturated heterocycles. The molecule has 2 N–H and O–H groups in total. The second-order valence-electron chi connectivity index (χ2n) is 4.08. The first kappa shape index (κ1) is 13.3. The number of hydrogen-bond acceptors (Lipinski definition) is 4. The number of hydrogen-bond donors (Lipinski definition) is 2. The molecule has 0 bridgehead atoms. The zero-order valence-corrected chi connectivity index (χ0v) is 9.60. The molecule has 1 rings (SSSR count). The van der Waals surface area contributed by atoms with E-state index in [4.69, 9.17) is 14.9 Å². The summed E-state index contributed by atoms with van der Waals surface area (Å²) in [5.41, 5.74) is 0. The molecular weight excluding hydrogens is 210 g/mol. The van der Waals surface area contributed by atoms with E-state index in [1.807, 2.05) is 0 Å². The zero-order chi connectivity index (χ0) is 11.8. The molecule has 0 atom stereocenters. The van der Waals surface area contributed by atoms with E-state index < -0.39 is 6.09 Å². The molecule has 94 valence electrons. The maximum atomic E-state index is 11.7. The Labute approximate surface area is 96.0 Å². The van der Waals surface area contributed by atoms with Crippen LogP contribution in [0.3, 0.4) is 0 Å². The molecule has 1 aliphatic carbocycles. The van der Waals surface area contributed by atoms with Crippen LogP contribution in [-0.2, 0) is 4.74 Å². The molecule has 1 saturated carbocycles. The first-order valence-corrected chi connectivity index (χ1v) is 5.95.